The fourth-order valence-electron chi connectivity index (χ4n) is 2.85. The summed E-state index contributed by atoms with van der Waals surface area (Å²) in [5.41, 5.74) is 4.13. The molecule has 0 atom stereocenters. The van der Waals surface area contributed by atoms with E-state index in [0.717, 1.165) is 21.3 Å². The smallest absolute Gasteiger partial charge is 0.257 e. The highest BCUT2D eigenvalue weighted by molar-refractivity contribution is 9.10. The Balaban J connectivity index is 1.54. The molecule has 0 aliphatic carbocycles. The van der Waals surface area contributed by atoms with Crippen molar-refractivity contribution in [3.63, 3.8) is 0 Å². The molecule has 6 nitrogen and oxygen atoms in total. The molecule has 2 heterocycles. The number of nitrogens with one attached hydrogen (secondary N) is 2. The monoisotopic (exact) mass is 466 g/mol. The van der Waals surface area contributed by atoms with Crippen LogP contribution in [0.15, 0.2) is 69.7 Å². The number of pyridine rings is 1. The van der Waals surface area contributed by atoms with Crippen LogP contribution in [0.25, 0.3) is 22.7 Å². The second-order valence-corrected chi connectivity index (χ2v) is 7.56. The third-order valence-corrected chi connectivity index (χ3v) is 4.99. The first-order valence-corrected chi connectivity index (χ1v) is 9.91. The van der Waals surface area contributed by atoms with Gasteiger partial charge >= 0.3 is 0 Å². The van der Waals surface area contributed by atoms with Gasteiger partial charge in [0.1, 0.15) is 0 Å². The first-order valence-electron chi connectivity index (χ1n) is 8.71. The summed E-state index contributed by atoms with van der Waals surface area (Å²) in [5, 5.41) is 5.97. The van der Waals surface area contributed by atoms with Gasteiger partial charge in [0.2, 0.25) is 5.89 Å². The van der Waals surface area contributed by atoms with Crippen molar-refractivity contribution in [1.29, 1.82) is 0 Å². The van der Waals surface area contributed by atoms with E-state index in [4.69, 9.17) is 16.6 Å². The fourth-order valence-corrected chi connectivity index (χ4v) is 3.45. The minimum absolute atomic E-state index is 0.203. The van der Waals surface area contributed by atoms with Gasteiger partial charge in [0.15, 0.2) is 16.3 Å². The highest BCUT2D eigenvalue weighted by Gasteiger charge is 2.14. The minimum atomic E-state index is -0.289. The number of hydrogen-bond donors (Lipinski definition) is 2. The number of hydrogen-bond acceptors (Lipinski definition) is 5. The van der Waals surface area contributed by atoms with E-state index in [1.165, 1.54) is 0 Å². The molecule has 0 aliphatic heterocycles. The van der Waals surface area contributed by atoms with Gasteiger partial charge in [-0.1, -0.05) is 28.1 Å². The van der Waals surface area contributed by atoms with Crippen molar-refractivity contribution < 1.29 is 9.21 Å². The molecule has 0 fully saturated rings. The third-order valence-electron chi connectivity index (χ3n) is 4.29. The van der Waals surface area contributed by atoms with Gasteiger partial charge in [-0.25, -0.2) is 4.98 Å². The van der Waals surface area contributed by atoms with E-state index in [-0.39, 0.29) is 11.0 Å². The van der Waals surface area contributed by atoms with Crippen LogP contribution in [0.4, 0.5) is 5.69 Å². The summed E-state index contributed by atoms with van der Waals surface area (Å²) in [7, 11) is 0. The molecule has 0 bridgehead atoms. The van der Waals surface area contributed by atoms with E-state index in [2.05, 4.69) is 36.5 Å². The molecular weight excluding hydrogens is 452 g/mol. The van der Waals surface area contributed by atoms with Crippen LogP contribution in [0.5, 0.6) is 0 Å². The van der Waals surface area contributed by atoms with Crippen molar-refractivity contribution in [2.75, 3.05) is 5.32 Å². The zero-order valence-electron chi connectivity index (χ0n) is 15.3. The molecule has 144 valence electrons. The van der Waals surface area contributed by atoms with Crippen molar-refractivity contribution in [1.82, 2.24) is 15.3 Å². The Bertz CT molecular complexity index is 1210. The SMILES string of the molecule is Cc1c(NC(=S)NC(=O)c2cccc(Br)c2)cccc1-c1nc2ncccc2o1. The zero-order valence-corrected chi connectivity index (χ0v) is 17.7. The van der Waals surface area contributed by atoms with Gasteiger partial charge in [-0.2, -0.15) is 4.98 Å². The predicted octanol–water partition coefficient (Wildman–Crippen LogP) is 5.09. The maximum absolute atomic E-state index is 12.4. The summed E-state index contributed by atoms with van der Waals surface area (Å²) >= 11 is 8.67. The second kappa shape index (κ2) is 8.10. The molecule has 4 aromatic rings. The number of thiocarbonyl (C=S) groups is 1. The summed E-state index contributed by atoms with van der Waals surface area (Å²) in [5.74, 6) is 0.187. The molecule has 0 radical (unpaired) electrons. The fraction of sp³-hybridized carbons (Fsp3) is 0.0476. The number of nitrogens with zero attached hydrogens (tertiary/aromatic N) is 2. The Labute approximate surface area is 180 Å². The van der Waals surface area contributed by atoms with Crippen LogP contribution < -0.4 is 10.6 Å². The summed E-state index contributed by atoms with van der Waals surface area (Å²) < 4.78 is 6.64. The summed E-state index contributed by atoms with van der Waals surface area (Å²) in [6.07, 6.45) is 1.67. The molecule has 8 heteroatoms. The normalized spacial score (nSPS) is 10.7. The standard InChI is InChI=1S/C21H15BrN4O2S/c1-12-15(20-25-18-17(28-20)9-4-10-23-18)7-3-8-16(12)24-21(29)26-19(27)13-5-2-6-14(22)11-13/h2-11H,1H3,(H2,24,26,27,29). The van der Waals surface area contributed by atoms with Crippen LogP contribution in [0, 0.1) is 6.92 Å². The molecule has 4 rings (SSSR count). The Kier molecular flexibility index (Phi) is 5.37. The van der Waals surface area contributed by atoms with E-state index in [1.54, 1.807) is 30.5 Å². The predicted molar refractivity (Wildman–Crippen MR) is 120 cm³/mol. The first-order chi connectivity index (χ1) is 14.0. The lowest BCUT2D eigenvalue weighted by molar-refractivity contribution is 0.0977. The van der Waals surface area contributed by atoms with Crippen molar-refractivity contribution in [3.8, 4) is 11.5 Å². The topological polar surface area (TPSA) is 80.0 Å². The number of benzene rings is 2. The third kappa shape index (κ3) is 4.18. The second-order valence-electron chi connectivity index (χ2n) is 6.24. The number of amides is 1. The number of oxazole rings is 1. The van der Waals surface area contributed by atoms with Crippen molar-refractivity contribution in [2.24, 2.45) is 0 Å². The van der Waals surface area contributed by atoms with Gasteiger partial charge in [0.25, 0.3) is 5.91 Å². The van der Waals surface area contributed by atoms with Gasteiger partial charge in [-0.15, -0.1) is 0 Å². The van der Waals surface area contributed by atoms with Gasteiger partial charge in [-0.05, 0) is 67.2 Å². The van der Waals surface area contributed by atoms with E-state index in [9.17, 15) is 4.79 Å². The van der Waals surface area contributed by atoms with Crippen LogP contribution in [0.3, 0.4) is 0 Å². The molecule has 2 aromatic carbocycles. The van der Waals surface area contributed by atoms with Crippen LogP contribution >= 0.6 is 28.1 Å². The Hall–Kier alpha value is -3.10. The number of anilines is 1. The molecule has 0 aliphatic rings. The van der Waals surface area contributed by atoms with Gasteiger partial charge in [0.05, 0.1) is 0 Å². The van der Waals surface area contributed by atoms with E-state index >= 15 is 0 Å². The van der Waals surface area contributed by atoms with Crippen molar-refractivity contribution in [2.45, 2.75) is 6.92 Å². The lowest BCUT2D eigenvalue weighted by Gasteiger charge is -2.13. The minimum Gasteiger partial charge on any atom is -0.434 e. The Morgan fingerprint density at radius 3 is 2.76 bits per heavy atom. The molecule has 1 amide bonds. The summed E-state index contributed by atoms with van der Waals surface area (Å²) in [4.78, 5) is 21.0. The number of fused-ring (bicyclic) bond motifs is 1. The van der Waals surface area contributed by atoms with Gasteiger partial charge in [0, 0.05) is 27.5 Å². The van der Waals surface area contributed by atoms with E-state index in [0.29, 0.717) is 22.7 Å². The van der Waals surface area contributed by atoms with Crippen molar-refractivity contribution >= 4 is 56.1 Å². The zero-order chi connectivity index (χ0) is 20.4. The average Bonchev–Trinajstić information content (AvgIpc) is 3.13. The molecule has 0 saturated carbocycles. The van der Waals surface area contributed by atoms with Crippen LogP contribution in [-0.4, -0.2) is 21.0 Å². The lowest BCUT2D eigenvalue weighted by Crippen LogP contribution is -2.34. The maximum atomic E-state index is 12.4. The molecule has 29 heavy (non-hydrogen) atoms. The Morgan fingerprint density at radius 2 is 1.97 bits per heavy atom. The highest BCUT2D eigenvalue weighted by Crippen LogP contribution is 2.30. The van der Waals surface area contributed by atoms with Gasteiger partial charge < -0.3 is 9.73 Å². The van der Waals surface area contributed by atoms with Crippen molar-refractivity contribution in [3.05, 3.63) is 76.4 Å². The first kappa shape index (κ1) is 19.2. The number of aromatic nitrogens is 2. The number of carbonyl (C=O) groups excluding carboxylic acids is 1. The lowest BCUT2D eigenvalue weighted by atomic mass is 10.1. The summed E-state index contributed by atoms with van der Waals surface area (Å²) in [6.45, 7) is 1.93. The largest absolute Gasteiger partial charge is 0.434 e. The molecule has 0 saturated heterocycles. The van der Waals surface area contributed by atoms with Gasteiger partial charge in [-0.3, -0.25) is 10.1 Å². The molecule has 0 spiro atoms. The van der Waals surface area contributed by atoms with Crippen LogP contribution in [0.1, 0.15) is 15.9 Å². The highest BCUT2D eigenvalue weighted by atomic mass is 79.9. The molecule has 2 N–H and O–H groups in total. The van der Waals surface area contributed by atoms with E-state index in [1.807, 2.05) is 37.3 Å². The van der Waals surface area contributed by atoms with Crippen LogP contribution in [0.2, 0.25) is 0 Å². The number of carbonyl (C=O) groups is 1. The quantitative estimate of drug-likeness (QED) is 0.409. The maximum Gasteiger partial charge on any atom is 0.257 e. The van der Waals surface area contributed by atoms with Crippen LogP contribution in [-0.2, 0) is 0 Å². The molecule has 0 unspecified atom stereocenters. The number of rotatable bonds is 3. The van der Waals surface area contributed by atoms with E-state index < -0.39 is 0 Å². The molecule has 2 aromatic heterocycles. The summed E-state index contributed by atoms with van der Waals surface area (Å²) in [6, 6.07) is 16.4. The Morgan fingerprint density at radius 1 is 1.14 bits per heavy atom. The molecular formula is C21H15BrN4O2S. The number of halogens is 1. The average molecular weight is 467 g/mol.